The van der Waals surface area contributed by atoms with Gasteiger partial charge < -0.3 is 9.64 Å². The van der Waals surface area contributed by atoms with Gasteiger partial charge in [-0.1, -0.05) is 22.9 Å². The molecule has 3 rings (SSSR count). The first-order valence-electron chi connectivity index (χ1n) is 9.38. The van der Waals surface area contributed by atoms with Crippen molar-refractivity contribution in [1.29, 1.82) is 0 Å². The van der Waals surface area contributed by atoms with Crippen molar-refractivity contribution in [3.63, 3.8) is 0 Å². The molecule has 0 saturated heterocycles. The standard InChI is InChI=1S/C21H21ClF3N3O2S/c1-27(2)11-4-12-28(19(29)13-5-7-14(8-6-13)21(23,24)25)20-26-17-16(30-3)10-9-15(22)18(17)31-20/h5-10H,4,11-12H2,1-3H3. The summed E-state index contributed by atoms with van der Waals surface area (Å²) in [5, 5.41) is 0.889. The Balaban J connectivity index is 1.99. The maximum atomic E-state index is 13.2. The van der Waals surface area contributed by atoms with Gasteiger partial charge in [-0.2, -0.15) is 13.2 Å². The second-order valence-corrected chi connectivity index (χ2v) is 8.50. The Morgan fingerprint density at radius 1 is 1.13 bits per heavy atom. The van der Waals surface area contributed by atoms with Crippen LogP contribution < -0.4 is 9.64 Å². The van der Waals surface area contributed by atoms with Crippen molar-refractivity contribution >= 4 is 44.2 Å². The van der Waals surface area contributed by atoms with Gasteiger partial charge in [-0.3, -0.25) is 9.69 Å². The number of halogens is 4. The van der Waals surface area contributed by atoms with Crippen LogP contribution in [0.25, 0.3) is 10.2 Å². The summed E-state index contributed by atoms with van der Waals surface area (Å²) in [6, 6.07) is 7.57. The minimum atomic E-state index is -4.46. The first kappa shape index (κ1) is 23.3. The predicted octanol–water partition coefficient (Wildman–Crippen LogP) is 5.58. The number of ether oxygens (including phenoxy) is 1. The highest BCUT2D eigenvalue weighted by Crippen LogP contribution is 2.39. The summed E-state index contributed by atoms with van der Waals surface area (Å²) < 4.78 is 44.7. The molecule has 0 spiro atoms. The summed E-state index contributed by atoms with van der Waals surface area (Å²) in [4.78, 5) is 21.3. The minimum absolute atomic E-state index is 0.148. The molecule has 0 bridgehead atoms. The van der Waals surface area contributed by atoms with Crippen LogP contribution in [-0.4, -0.2) is 50.1 Å². The number of aromatic nitrogens is 1. The molecule has 166 valence electrons. The number of hydrogen-bond donors (Lipinski definition) is 0. The summed E-state index contributed by atoms with van der Waals surface area (Å²) in [6.07, 6.45) is -3.81. The molecule has 0 unspecified atom stereocenters. The molecule has 0 N–H and O–H groups in total. The number of nitrogens with zero attached hydrogens (tertiary/aromatic N) is 3. The van der Waals surface area contributed by atoms with E-state index in [0.717, 1.165) is 18.7 Å². The Hall–Kier alpha value is -2.36. The average Bonchev–Trinajstić information content (AvgIpc) is 3.16. The zero-order valence-electron chi connectivity index (χ0n) is 17.2. The Morgan fingerprint density at radius 3 is 2.39 bits per heavy atom. The van der Waals surface area contributed by atoms with Crippen LogP contribution in [0.4, 0.5) is 18.3 Å². The van der Waals surface area contributed by atoms with Gasteiger partial charge in [-0.05, 0) is 63.5 Å². The lowest BCUT2D eigenvalue weighted by Crippen LogP contribution is -2.33. The quantitative estimate of drug-likeness (QED) is 0.451. The van der Waals surface area contributed by atoms with Crippen molar-refractivity contribution in [2.45, 2.75) is 12.6 Å². The van der Waals surface area contributed by atoms with Gasteiger partial charge in [0.05, 0.1) is 22.4 Å². The van der Waals surface area contributed by atoms with E-state index >= 15 is 0 Å². The van der Waals surface area contributed by atoms with Gasteiger partial charge in [0.25, 0.3) is 5.91 Å². The number of benzene rings is 2. The molecule has 0 fully saturated rings. The van der Waals surface area contributed by atoms with Crippen molar-refractivity contribution in [1.82, 2.24) is 9.88 Å². The maximum absolute atomic E-state index is 13.2. The number of carbonyl (C=O) groups excluding carboxylic acids is 1. The smallest absolute Gasteiger partial charge is 0.416 e. The van der Waals surface area contributed by atoms with Crippen LogP contribution in [0.1, 0.15) is 22.3 Å². The second kappa shape index (κ2) is 9.42. The molecule has 3 aromatic rings. The third kappa shape index (κ3) is 5.28. The van der Waals surface area contributed by atoms with E-state index in [4.69, 9.17) is 16.3 Å². The van der Waals surface area contributed by atoms with Gasteiger partial charge in [-0.15, -0.1) is 0 Å². The maximum Gasteiger partial charge on any atom is 0.416 e. The van der Waals surface area contributed by atoms with E-state index in [1.807, 2.05) is 19.0 Å². The summed E-state index contributed by atoms with van der Waals surface area (Å²) in [5.74, 6) is 0.0961. The van der Waals surface area contributed by atoms with Gasteiger partial charge in [0.2, 0.25) is 0 Å². The van der Waals surface area contributed by atoms with Crippen LogP contribution in [0.3, 0.4) is 0 Å². The van der Waals surface area contributed by atoms with Gasteiger partial charge in [0, 0.05) is 12.1 Å². The molecule has 31 heavy (non-hydrogen) atoms. The van der Waals surface area contributed by atoms with E-state index in [1.165, 1.54) is 35.5 Å². The van der Waals surface area contributed by atoms with Gasteiger partial charge in [-0.25, -0.2) is 4.98 Å². The first-order chi connectivity index (χ1) is 14.6. The number of carbonyl (C=O) groups is 1. The fourth-order valence-electron chi connectivity index (χ4n) is 3.01. The molecule has 0 saturated carbocycles. The van der Waals surface area contributed by atoms with Gasteiger partial charge >= 0.3 is 6.18 Å². The Bertz CT molecular complexity index is 1070. The number of alkyl halides is 3. The van der Waals surface area contributed by atoms with Crippen molar-refractivity contribution in [3.05, 3.63) is 52.5 Å². The molecule has 2 aromatic carbocycles. The molecule has 1 aromatic heterocycles. The van der Waals surface area contributed by atoms with Crippen molar-refractivity contribution < 1.29 is 22.7 Å². The highest BCUT2D eigenvalue weighted by atomic mass is 35.5. The van der Waals surface area contributed by atoms with E-state index < -0.39 is 17.6 Å². The fraction of sp³-hybridized carbons (Fsp3) is 0.333. The molecule has 1 heterocycles. The van der Waals surface area contributed by atoms with Gasteiger partial charge in [0.15, 0.2) is 5.13 Å². The lowest BCUT2D eigenvalue weighted by Gasteiger charge is -2.21. The largest absolute Gasteiger partial charge is 0.494 e. The molecular formula is C21H21ClF3N3O2S. The van der Waals surface area contributed by atoms with Crippen molar-refractivity contribution in [3.8, 4) is 5.75 Å². The first-order valence-corrected chi connectivity index (χ1v) is 10.6. The molecule has 1 amide bonds. The molecular weight excluding hydrogens is 451 g/mol. The predicted molar refractivity (Wildman–Crippen MR) is 117 cm³/mol. The summed E-state index contributed by atoms with van der Waals surface area (Å²) >= 11 is 7.54. The van der Waals surface area contributed by atoms with Gasteiger partial charge in [0.1, 0.15) is 11.3 Å². The SMILES string of the molecule is COc1ccc(Cl)c2sc(N(CCCN(C)C)C(=O)c3ccc(C(F)(F)F)cc3)nc12. The molecule has 0 aliphatic heterocycles. The number of thiazole rings is 1. The molecule has 5 nitrogen and oxygen atoms in total. The zero-order valence-corrected chi connectivity index (χ0v) is 18.7. The third-order valence-corrected chi connectivity index (χ3v) is 6.13. The average molecular weight is 472 g/mol. The van der Waals surface area contributed by atoms with E-state index in [9.17, 15) is 18.0 Å². The second-order valence-electron chi connectivity index (χ2n) is 7.11. The third-order valence-electron chi connectivity index (χ3n) is 4.59. The molecule has 0 aliphatic rings. The van der Waals surface area contributed by atoms with Crippen LogP contribution in [0.5, 0.6) is 5.75 Å². The van der Waals surface area contributed by atoms with E-state index in [2.05, 4.69) is 4.98 Å². The van der Waals surface area contributed by atoms with Crippen LogP contribution in [0.15, 0.2) is 36.4 Å². The molecule has 0 radical (unpaired) electrons. The Kier molecular flexibility index (Phi) is 7.08. The topological polar surface area (TPSA) is 45.7 Å². The number of rotatable bonds is 7. The minimum Gasteiger partial charge on any atom is -0.494 e. The van der Waals surface area contributed by atoms with E-state index in [-0.39, 0.29) is 5.56 Å². The number of fused-ring (bicyclic) bond motifs is 1. The lowest BCUT2D eigenvalue weighted by molar-refractivity contribution is -0.137. The number of amides is 1. The van der Waals surface area contributed by atoms with Crippen molar-refractivity contribution in [2.24, 2.45) is 0 Å². The Labute approximate surface area is 187 Å². The van der Waals surface area contributed by atoms with Crippen LogP contribution >= 0.6 is 22.9 Å². The summed E-state index contributed by atoms with van der Waals surface area (Å²) in [5.41, 5.74) is -0.122. The Morgan fingerprint density at radius 2 is 1.81 bits per heavy atom. The van der Waals surface area contributed by atoms with E-state index in [1.54, 1.807) is 12.1 Å². The van der Waals surface area contributed by atoms with Crippen LogP contribution in [0.2, 0.25) is 5.02 Å². The molecule has 0 atom stereocenters. The van der Waals surface area contributed by atoms with Crippen molar-refractivity contribution in [2.75, 3.05) is 39.2 Å². The van der Waals surface area contributed by atoms with Crippen LogP contribution in [-0.2, 0) is 6.18 Å². The normalized spacial score (nSPS) is 11.9. The summed E-state index contributed by atoms with van der Waals surface area (Å²) in [7, 11) is 5.36. The number of anilines is 1. The molecule has 10 heteroatoms. The highest BCUT2D eigenvalue weighted by molar-refractivity contribution is 7.23. The highest BCUT2D eigenvalue weighted by Gasteiger charge is 2.31. The van der Waals surface area contributed by atoms with E-state index in [0.29, 0.717) is 39.1 Å². The summed E-state index contributed by atoms with van der Waals surface area (Å²) in [6.45, 7) is 1.07. The zero-order chi connectivity index (χ0) is 22.8. The molecule has 0 aliphatic carbocycles. The van der Waals surface area contributed by atoms with Crippen LogP contribution in [0, 0.1) is 0 Å². The fourth-order valence-corrected chi connectivity index (χ4v) is 4.29. The number of methoxy groups -OCH3 is 1. The monoisotopic (exact) mass is 471 g/mol. The lowest BCUT2D eigenvalue weighted by atomic mass is 10.1. The number of hydrogen-bond acceptors (Lipinski definition) is 5.